The number of hydrogen-bond donors (Lipinski definition) is 1. The zero-order valence-electron chi connectivity index (χ0n) is 7.17. The molecule has 0 aromatic rings. The molecule has 0 amide bonds. The summed E-state index contributed by atoms with van der Waals surface area (Å²) in [5, 5.41) is 18.0. The van der Waals surface area contributed by atoms with Crippen LogP contribution >= 0.6 is 0 Å². The predicted octanol–water partition coefficient (Wildman–Crippen LogP) is 1.70. The van der Waals surface area contributed by atoms with Crippen molar-refractivity contribution in [2.45, 2.75) is 38.7 Å². The average Bonchev–Trinajstić information content (AvgIpc) is 1.82. The fourth-order valence-electron chi connectivity index (χ4n) is 1.68. The summed E-state index contributed by atoms with van der Waals surface area (Å²) in [4.78, 5) is 0. The van der Waals surface area contributed by atoms with Gasteiger partial charge in [-0.2, -0.15) is 5.26 Å². The van der Waals surface area contributed by atoms with E-state index in [9.17, 15) is 5.11 Å². The van der Waals surface area contributed by atoms with Crippen LogP contribution in [0.1, 0.15) is 33.1 Å². The lowest BCUT2D eigenvalue weighted by atomic mass is 9.65. The van der Waals surface area contributed by atoms with E-state index in [1.165, 1.54) is 0 Å². The Bertz CT molecular complexity index is 174. The smallest absolute Gasteiger partial charge is 0.0782 e. The first-order valence-electron chi connectivity index (χ1n) is 4.17. The molecule has 1 rings (SSSR count). The van der Waals surface area contributed by atoms with Crippen LogP contribution in [-0.4, -0.2) is 10.7 Å². The van der Waals surface area contributed by atoms with Crippen molar-refractivity contribution in [3.63, 3.8) is 0 Å². The molecule has 0 aliphatic heterocycles. The van der Waals surface area contributed by atoms with Gasteiger partial charge in [-0.25, -0.2) is 0 Å². The SMILES string of the molecule is CC(C)C1CC(O)(CC#N)C1. The minimum absolute atomic E-state index is 0.302. The molecule has 1 saturated carbocycles. The average molecular weight is 153 g/mol. The van der Waals surface area contributed by atoms with Gasteiger partial charge in [-0.3, -0.25) is 0 Å². The molecular formula is C9H15NO. The van der Waals surface area contributed by atoms with Gasteiger partial charge >= 0.3 is 0 Å². The second-order valence-corrected chi connectivity index (χ2v) is 3.97. The summed E-state index contributed by atoms with van der Waals surface area (Å²) < 4.78 is 0. The van der Waals surface area contributed by atoms with Gasteiger partial charge in [0.2, 0.25) is 0 Å². The van der Waals surface area contributed by atoms with E-state index >= 15 is 0 Å². The minimum Gasteiger partial charge on any atom is -0.389 e. The Balaban J connectivity index is 2.33. The maximum Gasteiger partial charge on any atom is 0.0782 e. The van der Waals surface area contributed by atoms with Crippen LogP contribution in [0.25, 0.3) is 0 Å². The number of nitrogens with zero attached hydrogens (tertiary/aromatic N) is 1. The van der Waals surface area contributed by atoms with Crippen molar-refractivity contribution >= 4 is 0 Å². The van der Waals surface area contributed by atoms with Crippen molar-refractivity contribution in [3.05, 3.63) is 0 Å². The van der Waals surface area contributed by atoms with Crippen molar-refractivity contribution in [2.75, 3.05) is 0 Å². The number of nitriles is 1. The van der Waals surface area contributed by atoms with Gasteiger partial charge in [0.1, 0.15) is 0 Å². The molecule has 1 aliphatic rings. The van der Waals surface area contributed by atoms with Gasteiger partial charge < -0.3 is 5.11 Å². The first-order chi connectivity index (χ1) is 5.07. The van der Waals surface area contributed by atoms with Crippen LogP contribution in [0.5, 0.6) is 0 Å². The lowest BCUT2D eigenvalue weighted by Gasteiger charge is -2.44. The molecule has 1 N–H and O–H groups in total. The molecule has 0 aromatic carbocycles. The Morgan fingerprint density at radius 3 is 2.55 bits per heavy atom. The number of hydrogen-bond acceptors (Lipinski definition) is 2. The second kappa shape index (κ2) is 2.83. The molecule has 2 nitrogen and oxygen atoms in total. The van der Waals surface area contributed by atoms with E-state index < -0.39 is 5.60 Å². The van der Waals surface area contributed by atoms with E-state index in [0.29, 0.717) is 18.3 Å². The first kappa shape index (κ1) is 8.55. The molecule has 0 spiro atoms. The van der Waals surface area contributed by atoms with E-state index in [-0.39, 0.29) is 0 Å². The highest BCUT2D eigenvalue weighted by Crippen LogP contribution is 2.43. The Kier molecular flexibility index (Phi) is 2.20. The Morgan fingerprint density at radius 2 is 2.18 bits per heavy atom. The Morgan fingerprint density at radius 1 is 1.64 bits per heavy atom. The molecule has 11 heavy (non-hydrogen) atoms. The zero-order valence-corrected chi connectivity index (χ0v) is 7.17. The van der Waals surface area contributed by atoms with Gasteiger partial charge in [-0.1, -0.05) is 13.8 Å². The van der Waals surface area contributed by atoms with Gasteiger partial charge in [-0.15, -0.1) is 0 Å². The lowest BCUT2D eigenvalue weighted by Crippen LogP contribution is -2.45. The van der Waals surface area contributed by atoms with E-state index in [1.54, 1.807) is 0 Å². The van der Waals surface area contributed by atoms with Crippen LogP contribution in [0.3, 0.4) is 0 Å². The summed E-state index contributed by atoms with van der Waals surface area (Å²) in [6, 6.07) is 2.02. The van der Waals surface area contributed by atoms with E-state index in [2.05, 4.69) is 13.8 Å². The third-order valence-corrected chi connectivity index (χ3v) is 2.64. The summed E-state index contributed by atoms with van der Waals surface area (Å²) in [5.74, 6) is 1.28. The van der Waals surface area contributed by atoms with Crippen molar-refractivity contribution in [2.24, 2.45) is 11.8 Å². The van der Waals surface area contributed by atoms with Gasteiger partial charge in [0.15, 0.2) is 0 Å². The van der Waals surface area contributed by atoms with Crippen LogP contribution in [0.15, 0.2) is 0 Å². The number of aliphatic hydroxyl groups is 1. The van der Waals surface area contributed by atoms with Crippen LogP contribution in [0.4, 0.5) is 0 Å². The maximum atomic E-state index is 9.61. The van der Waals surface area contributed by atoms with Crippen molar-refractivity contribution in [3.8, 4) is 6.07 Å². The monoisotopic (exact) mass is 153 g/mol. The highest BCUT2D eigenvalue weighted by atomic mass is 16.3. The Labute approximate surface area is 67.8 Å². The van der Waals surface area contributed by atoms with E-state index in [4.69, 9.17) is 5.26 Å². The minimum atomic E-state index is -0.635. The molecule has 62 valence electrons. The first-order valence-corrected chi connectivity index (χ1v) is 4.17. The molecule has 0 aromatic heterocycles. The van der Waals surface area contributed by atoms with Crippen LogP contribution in [0.2, 0.25) is 0 Å². The molecule has 0 heterocycles. The summed E-state index contributed by atoms with van der Waals surface area (Å²) in [7, 11) is 0. The van der Waals surface area contributed by atoms with Gasteiger partial charge in [0.05, 0.1) is 18.1 Å². The van der Waals surface area contributed by atoms with Crippen molar-refractivity contribution in [1.82, 2.24) is 0 Å². The van der Waals surface area contributed by atoms with Crippen LogP contribution < -0.4 is 0 Å². The zero-order chi connectivity index (χ0) is 8.48. The maximum absolute atomic E-state index is 9.61. The molecule has 0 radical (unpaired) electrons. The normalized spacial score (nSPS) is 36.5. The summed E-state index contributed by atoms with van der Waals surface area (Å²) >= 11 is 0. The molecule has 1 aliphatic carbocycles. The third-order valence-electron chi connectivity index (χ3n) is 2.64. The highest BCUT2D eigenvalue weighted by Gasteiger charge is 2.43. The van der Waals surface area contributed by atoms with Gasteiger partial charge in [0, 0.05) is 0 Å². The third kappa shape index (κ3) is 1.72. The number of rotatable bonds is 2. The fraction of sp³-hybridized carbons (Fsp3) is 0.889. The standard InChI is InChI=1S/C9H15NO/c1-7(2)8-5-9(11,6-8)3-4-10/h7-8,11H,3,5-6H2,1-2H3. The molecule has 0 saturated heterocycles. The predicted molar refractivity (Wildman–Crippen MR) is 42.7 cm³/mol. The summed E-state index contributed by atoms with van der Waals surface area (Å²) in [5.41, 5.74) is -0.635. The summed E-state index contributed by atoms with van der Waals surface area (Å²) in [6.07, 6.45) is 1.94. The fourth-order valence-corrected chi connectivity index (χ4v) is 1.68. The van der Waals surface area contributed by atoms with Crippen molar-refractivity contribution in [1.29, 1.82) is 5.26 Å². The lowest BCUT2D eigenvalue weighted by molar-refractivity contribution is -0.0827. The van der Waals surface area contributed by atoms with E-state index in [1.807, 2.05) is 6.07 Å². The van der Waals surface area contributed by atoms with Crippen LogP contribution in [-0.2, 0) is 0 Å². The molecule has 1 fully saturated rings. The molecule has 0 unspecified atom stereocenters. The quantitative estimate of drug-likeness (QED) is 0.656. The summed E-state index contributed by atoms with van der Waals surface area (Å²) in [6.45, 7) is 4.33. The topological polar surface area (TPSA) is 44.0 Å². The van der Waals surface area contributed by atoms with Crippen molar-refractivity contribution < 1.29 is 5.11 Å². The Hall–Kier alpha value is -0.550. The second-order valence-electron chi connectivity index (χ2n) is 3.97. The van der Waals surface area contributed by atoms with Gasteiger partial charge in [0.25, 0.3) is 0 Å². The molecular weight excluding hydrogens is 138 g/mol. The molecule has 0 atom stereocenters. The van der Waals surface area contributed by atoms with Gasteiger partial charge in [-0.05, 0) is 24.7 Å². The van der Waals surface area contributed by atoms with E-state index in [0.717, 1.165) is 12.8 Å². The van der Waals surface area contributed by atoms with Crippen LogP contribution in [0, 0.1) is 23.2 Å². The molecule has 2 heteroatoms. The highest BCUT2D eigenvalue weighted by molar-refractivity contribution is 5.00. The molecule has 0 bridgehead atoms. The largest absolute Gasteiger partial charge is 0.389 e.